The molecule has 2 amide bonds. The summed E-state index contributed by atoms with van der Waals surface area (Å²) in [5, 5.41) is 18.0. The van der Waals surface area contributed by atoms with Gasteiger partial charge in [-0.1, -0.05) is 18.2 Å². The fraction of sp³-hybridized carbons (Fsp3) is 0.167. The number of amides is 2. The molecule has 0 spiro atoms. The monoisotopic (exact) mass is 460 g/mol. The zero-order chi connectivity index (χ0) is 23.7. The van der Waals surface area contributed by atoms with Crippen molar-refractivity contribution in [1.29, 1.82) is 0 Å². The number of anilines is 3. The minimum atomic E-state index is -0.566. The molecule has 0 aliphatic carbocycles. The van der Waals surface area contributed by atoms with Crippen LogP contribution in [0.15, 0.2) is 60.8 Å². The molecule has 5 rings (SSSR count). The molecule has 1 aromatic heterocycles. The van der Waals surface area contributed by atoms with Gasteiger partial charge in [-0.05, 0) is 52.7 Å². The number of ether oxygens (including phenoxy) is 1. The lowest BCUT2D eigenvalue weighted by Crippen LogP contribution is -2.33. The molecule has 0 saturated carbocycles. The standard InChI is InChI=1S/C24H21FN6O3/c1-14(32)26-11-20-13-31(24(33)34-20)19-6-7-21(22(25)10-19)17-3-2-16-9-18(5-4-15(16)8-17)28-23-12-27-30-29-23/h2-10,12,20H,11,13H2,1H3,(H,26,32)(H2,27,28,29,30). The van der Waals surface area contributed by atoms with E-state index in [0.717, 1.165) is 22.0 Å². The molecule has 172 valence electrons. The molecular formula is C24H21FN6O3. The van der Waals surface area contributed by atoms with Crippen LogP contribution in [0.1, 0.15) is 6.92 Å². The molecule has 1 aliphatic rings. The van der Waals surface area contributed by atoms with Gasteiger partial charge in [-0.15, -0.1) is 5.10 Å². The van der Waals surface area contributed by atoms with Crippen molar-refractivity contribution in [3.8, 4) is 11.1 Å². The largest absolute Gasteiger partial charge is 0.442 e. The van der Waals surface area contributed by atoms with Crippen LogP contribution in [-0.4, -0.2) is 46.6 Å². The van der Waals surface area contributed by atoms with Gasteiger partial charge in [0.05, 0.1) is 25.0 Å². The Labute approximate surface area is 193 Å². The number of hydrogen-bond acceptors (Lipinski definition) is 6. The van der Waals surface area contributed by atoms with Crippen LogP contribution < -0.4 is 15.5 Å². The number of fused-ring (bicyclic) bond motifs is 1. The molecule has 10 heteroatoms. The van der Waals surface area contributed by atoms with Crippen LogP contribution in [-0.2, 0) is 9.53 Å². The molecule has 2 heterocycles. The molecule has 0 bridgehead atoms. The first kappa shape index (κ1) is 21.4. The summed E-state index contributed by atoms with van der Waals surface area (Å²) in [6.45, 7) is 1.84. The predicted octanol–water partition coefficient (Wildman–Crippen LogP) is 3.97. The normalized spacial score (nSPS) is 15.4. The third-order valence-corrected chi connectivity index (χ3v) is 5.56. The number of aromatic nitrogens is 3. The minimum absolute atomic E-state index is 0.206. The topological polar surface area (TPSA) is 112 Å². The van der Waals surface area contributed by atoms with Crippen molar-refractivity contribution in [3.63, 3.8) is 0 Å². The lowest BCUT2D eigenvalue weighted by Gasteiger charge is -2.15. The molecular weight excluding hydrogens is 439 g/mol. The van der Waals surface area contributed by atoms with Gasteiger partial charge in [0, 0.05) is 18.2 Å². The third kappa shape index (κ3) is 4.38. The number of nitrogens with zero attached hydrogens (tertiary/aromatic N) is 3. The van der Waals surface area contributed by atoms with Crippen LogP contribution in [0.3, 0.4) is 0 Å². The van der Waals surface area contributed by atoms with Crippen molar-refractivity contribution < 1.29 is 18.7 Å². The summed E-state index contributed by atoms with van der Waals surface area (Å²) in [6, 6.07) is 16.2. The predicted molar refractivity (Wildman–Crippen MR) is 125 cm³/mol. The Hall–Kier alpha value is -4.47. The highest BCUT2D eigenvalue weighted by Crippen LogP contribution is 2.31. The Morgan fingerprint density at radius 2 is 2.00 bits per heavy atom. The van der Waals surface area contributed by atoms with Gasteiger partial charge in [-0.2, -0.15) is 10.3 Å². The first-order chi connectivity index (χ1) is 16.5. The zero-order valence-electron chi connectivity index (χ0n) is 18.2. The van der Waals surface area contributed by atoms with Crippen LogP contribution in [0.25, 0.3) is 21.9 Å². The van der Waals surface area contributed by atoms with E-state index in [1.165, 1.54) is 17.9 Å². The van der Waals surface area contributed by atoms with E-state index in [4.69, 9.17) is 4.74 Å². The fourth-order valence-electron chi connectivity index (χ4n) is 3.90. The third-order valence-electron chi connectivity index (χ3n) is 5.56. The molecule has 0 radical (unpaired) electrons. The van der Waals surface area contributed by atoms with Crippen LogP contribution >= 0.6 is 0 Å². The quantitative estimate of drug-likeness (QED) is 0.401. The van der Waals surface area contributed by atoms with E-state index >= 15 is 4.39 Å². The summed E-state index contributed by atoms with van der Waals surface area (Å²) in [5.74, 6) is -0.0385. The smallest absolute Gasteiger partial charge is 0.414 e. The van der Waals surface area contributed by atoms with E-state index in [9.17, 15) is 9.59 Å². The number of carbonyl (C=O) groups excluding carboxylic acids is 2. The maximum absolute atomic E-state index is 15.1. The number of carbonyl (C=O) groups is 2. The van der Waals surface area contributed by atoms with Crippen molar-refractivity contribution >= 4 is 40.0 Å². The second kappa shape index (κ2) is 8.81. The highest BCUT2D eigenvalue weighted by atomic mass is 19.1. The number of rotatable bonds is 6. The number of halogens is 1. The maximum Gasteiger partial charge on any atom is 0.414 e. The summed E-state index contributed by atoms with van der Waals surface area (Å²) in [7, 11) is 0. The molecule has 4 aromatic rings. The summed E-state index contributed by atoms with van der Waals surface area (Å²) in [5.41, 5.74) is 2.42. The van der Waals surface area contributed by atoms with E-state index in [2.05, 4.69) is 26.0 Å². The Bertz CT molecular complexity index is 1370. The van der Waals surface area contributed by atoms with Crippen LogP contribution in [0.2, 0.25) is 0 Å². The molecule has 3 aromatic carbocycles. The molecule has 9 nitrogen and oxygen atoms in total. The summed E-state index contributed by atoms with van der Waals surface area (Å²) in [4.78, 5) is 24.7. The van der Waals surface area contributed by atoms with Gasteiger partial charge in [0.2, 0.25) is 5.91 Å². The van der Waals surface area contributed by atoms with Crippen LogP contribution in [0.4, 0.5) is 26.4 Å². The van der Waals surface area contributed by atoms with Gasteiger partial charge >= 0.3 is 6.09 Å². The van der Waals surface area contributed by atoms with Gasteiger partial charge in [0.1, 0.15) is 11.9 Å². The van der Waals surface area contributed by atoms with Crippen molar-refractivity contribution in [2.24, 2.45) is 0 Å². The van der Waals surface area contributed by atoms with E-state index in [-0.39, 0.29) is 19.0 Å². The van der Waals surface area contributed by atoms with E-state index in [1.54, 1.807) is 18.3 Å². The van der Waals surface area contributed by atoms with Crippen molar-refractivity contribution in [2.75, 3.05) is 23.3 Å². The Balaban J connectivity index is 1.35. The van der Waals surface area contributed by atoms with Crippen molar-refractivity contribution in [2.45, 2.75) is 13.0 Å². The molecule has 1 aliphatic heterocycles. The number of hydrogen-bond donors (Lipinski definition) is 3. The highest BCUT2D eigenvalue weighted by molar-refractivity contribution is 5.92. The Kier molecular flexibility index (Phi) is 5.54. The molecule has 3 N–H and O–H groups in total. The maximum atomic E-state index is 15.1. The molecule has 34 heavy (non-hydrogen) atoms. The van der Waals surface area contributed by atoms with Gasteiger partial charge in [0.15, 0.2) is 5.82 Å². The number of cyclic esters (lactones) is 1. The van der Waals surface area contributed by atoms with Crippen molar-refractivity contribution in [1.82, 2.24) is 20.7 Å². The number of H-pyrrole nitrogens is 1. The summed E-state index contributed by atoms with van der Waals surface area (Å²) in [6.07, 6.45) is 0.539. The number of benzene rings is 3. The average Bonchev–Trinajstić information content (AvgIpc) is 3.46. The van der Waals surface area contributed by atoms with Gasteiger partial charge in [0.25, 0.3) is 0 Å². The molecule has 1 saturated heterocycles. The lowest BCUT2D eigenvalue weighted by atomic mass is 10.00. The molecule has 1 unspecified atom stereocenters. The SMILES string of the molecule is CC(=O)NCC1CN(c2ccc(-c3ccc4cc(Nc5cn[nH]n5)ccc4c3)c(F)c2)C(=O)O1. The van der Waals surface area contributed by atoms with Crippen LogP contribution in [0.5, 0.6) is 0 Å². The van der Waals surface area contributed by atoms with E-state index in [0.29, 0.717) is 17.1 Å². The Morgan fingerprint density at radius 3 is 2.76 bits per heavy atom. The summed E-state index contributed by atoms with van der Waals surface area (Å²) >= 11 is 0. The fourth-order valence-corrected chi connectivity index (χ4v) is 3.90. The van der Waals surface area contributed by atoms with Crippen molar-refractivity contribution in [3.05, 3.63) is 66.6 Å². The second-order valence-electron chi connectivity index (χ2n) is 7.97. The lowest BCUT2D eigenvalue weighted by molar-refractivity contribution is -0.119. The molecule has 1 fully saturated rings. The van der Waals surface area contributed by atoms with Gasteiger partial charge < -0.3 is 15.4 Å². The minimum Gasteiger partial charge on any atom is -0.442 e. The number of nitrogens with one attached hydrogen (secondary N) is 3. The van der Waals surface area contributed by atoms with Gasteiger partial charge in [-0.3, -0.25) is 9.69 Å². The Morgan fingerprint density at radius 1 is 1.18 bits per heavy atom. The molecule has 1 atom stereocenters. The first-order valence-electron chi connectivity index (χ1n) is 10.7. The zero-order valence-corrected chi connectivity index (χ0v) is 18.2. The number of aromatic amines is 1. The average molecular weight is 460 g/mol. The highest BCUT2D eigenvalue weighted by Gasteiger charge is 2.32. The van der Waals surface area contributed by atoms with Gasteiger partial charge in [-0.25, -0.2) is 9.18 Å². The van der Waals surface area contributed by atoms with Crippen LogP contribution in [0, 0.1) is 5.82 Å². The first-order valence-corrected chi connectivity index (χ1v) is 10.7. The summed E-state index contributed by atoms with van der Waals surface area (Å²) < 4.78 is 20.3. The second-order valence-corrected chi connectivity index (χ2v) is 7.97. The van der Waals surface area contributed by atoms with E-state index in [1.807, 2.05) is 36.4 Å². The van der Waals surface area contributed by atoms with E-state index < -0.39 is 18.0 Å².